The highest BCUT2D eigenvalue weighted by molar-refractivity contribution is 5.98. The Kier molecular flexibility index (Phi) is 8.20. The van der Waals surface area contributed by atoms with Crippen molar-refractivity contribution in [1.82, 2.24) is 10.6 Å². The van der Waals surface area contributed by atoms with E-state index in [9.17, 15) is 23.9 Å². The number of carboxylic acids is 1. The molecule has 216 valence electrons. The molecule has 0 radical (unpaired) electrons. The predicted octanol–water partition coefficient (Wildman–Crippen LogP) is 4.94. The van der Waals surface area contributed by atoms with E-state index in [0.717, 1.165) is 25.3 Å². The van der Waals surface area contributed by atoms with Crippen molar-refractivity contribution in [3.8, 4) is 11.5 Å². The van der Waals surface area contributed by atoms with Gasteiger partial charge in [0.1, 0.15) is 5.75 Å². The number of benzene rings is 1. The van der Waals surface area contributed by atoms with Gasteiger partial charge in [0.2, 0.25) is 5.91 Å². The number of amides is 2. The molecule has 2 amide bonds. The first-order valence-electron chi connectivity index (χ1n) is 14.1. The van der Waals surface area contributed by atoms with Crippen molar-refractivity contribution in [2.24, 2.45) is 28.6 Å². The molecule has 0 saturated heterocycles. The summed E-state index contributed by atoms with van der Waals surface area (Å²) in [6.45, 7) is 9.96. The van der Waals surface area contributed by atoms with Crippen molar-refractivity contribution < 1.29 is 33.4 Å². The number of ether oxygens (including phenoxy) is 2. The summed E-state index contributed by atoms with van der Waals surface area (Å²) in [6.07, 6.45) is 4.30. The minimum absolute atomic E-state index is 0.0227. The van der Waals surface area contributed by atoms with Gasteiger partial charge >= 0.3 is 5.97 Å². The lowest BCUT2D eigenvalue weighted by molar-refractivity contribution is -0.150. The van der Waals surface area contributed by atoms with Crippen molar-refractivity contribution >= 4 is 17.8 Å². The minimum atomic E-state index is -0.837. The van der Waals surface area contributed by atoms with Crippen molar-refractivity contribution in [1.29, 1.82) is 0 Å². The molecule has 0 heterocycles. The molecule has 1 aromatic carbocycles. The summed E-state index contributed by atoms with van der Waals surface area (Å²) in [5, 5.41) is 15.7. The third-order valence-corrected chi connectivity index (χ3v) is 9.52. The van der Waals surface area contributed by atoms with E-state index < -0.39 is 23.1 Å². The number of hydrogen-bond acceptors (Lipinski definition) is 5. The molecule has 0 spiro atoms. The van der Waals surface area contributed by atoms with Crippen molar-refractivity contribution in [3.63, 3.8) is 0 Å². The Hall–Kier alpha value is -2.84. The molecule has 2 bridgehead atoms. The lowest BCUT2D eigenvalue weighted by Gasteiger charge is -2.34. The largest absolute Gasteiger partial charge is 0.496 e. The average Bonchev–Trinajstić information content (AvgIpc) is 3.47. The number of carbonyl (C=O) groups excluding carboxylic acids is 2. The van der Waals surface area contributed by atoms with E-state index in [0.29, 0.717) is 25.7 Å². The number of carbonyl (C=O) groups is 3. The number of carboxylic acid groups (broad SMARTS) is 1. The standard InChI is InChI=1S/C30H43FN2O6/c1-16(29(2,3)4)32-27(35)24-17-7-8-18(13-17)25(24)33-26(34)20-14-23(21(31)15-22(20)38-6)39-19-9-11-30(5,12-10-19)28(36)37/h14-19,24-25H,7-13H2,1-6H3,(H,32,35)(H,33,34)(H,36,37)/t16-,17-,18+,19?,24+,25-,30?/m1/s1. The van der Waals surface area contributed by atoms with Gasteiger partial charge in [0.15, 0.2) is 11.6 Å². The molecule has 1 aromatic rings. The van der Waals surface area contributed by atoms with E-state index >= 15 is 0 Å². The fraction of sp³-hybridized carbons (Fsp3) is 0.700. The first-order chi connectivity index (χ1) is 18.2. The van der Waals surface area contributed by atoms with E-state index in [-0.39, 0.29) is 64.3 Å². The molecule has 0 aromatic heterocycles. The quantitative estimate of drug-likeness (QED) is 0.426. The van der Waals surface area contributed by atoms with Crippen LogP contribution in [0.25, 0.3) is 0 Å². The average molecular weight is 547 g/mol. The summed E-state index contributed by atoms with van der Waals surface area (Å²) in [5.74, 6) is -1.80. The van der Waals surface area contributed by atoms with Crippen LogP contribution in [0, 0.1) is 34.4 Å². The molecule has 4 rings (SSSR count). The summed E-state index contributed by atoms with van der Waals surface area (Å²) < 4.78 is 26.2. The van der Waals surface area contributed by atoms with Crippen LogP contribution in [0.3, 0.4) is 0 Å². The molecule has 3 saturated carbocycles. The normalized spacial score (nSPS) is 30.9. The Balaban J connectivity index is 1.50. The van der Waals surface area contributed by atoms with Gasteiger partial charge in [-0.3, -0.25) is 14.4 Å². The van der Waals surface area contributed by atoms with Gasteiger partial charge in [-0.15, -0.1) is 0 Å². The molecular weight excluding hydrogens is 503 g/mol. The molecule has 8 nitrogen and oxygen atoms in total. The zero-order valence-electron chi connectivity index (χ0n) is 23.9. The highest BCUT2D eigenvalue weighted by atomic mass is 19.1. The van der Waals surface area contributed by atoms with E-state index in [1.807, 2.05) is 6.92 Å². The van der Waals surface area contributed by atoms with E-state index in [4.69, 9.17) is 9.47 Å². The fourth-order valence-electron chi connectivity index (χ4n) is 6.34. The van der Waals surface area contributed by atoms with E-state index in [1.54, 1.807) is 6.92 Å². The summed E-state index contributed by atoms with van der Waals surface area (Å²) in [6, 6.07) is 2.17. The van der Waals surface area contributed by atoms with Gasteiger partial charge < -0.3 is 25.2 Å². The van der Waals surface area contributed by atoms with E-state index in [2.05, 4.69) is 31.4 Å². The summed E-state index contributed by atoms with van der Waals surface area (Å²) >= 11 is 0. The topological polar surface area (TPSA) is 114 Å². The Morgan fingerprint density at radius 2 is 1.72 bits per heavy atom. The van der Waals surface area contributed by atoms with Crippen LogP contribution in [-0.4, -0.2) is 48.2 Å². The second-order valence-corrected chi connectivity index (χ2v) is 13.1. The smallest absolute Gasteiger partial charge is 0.309 e. The van der Waals surface area contributed by atoms with Crippen LogP contribution in [-0.2, 0) is 9.59 Å². The monoisotopic (exact) mass is 546 g/mol. The van der Waals surface area contributed by atoms with Crippen molar-refractivity contribution in [2.45, 2.75) is 97.8 Å². The third kappa shape index (κ3) is 6.02. The van der Waals surface area contributed by atoms with Gasteiger partial charge in [-0.25, -0.2) is 4.39 Å². The van der Waals surface area contributed by atoms with Crippen molar-refractivity contribution in [2.75, 3.05) is 7.11 Å². The van der Waals surface area contributed by atoms with Crippen LogP contribution >= 0.6 is 0 Å². The maximum atomic E-state index is 14.9. The number of halogens is 1. The highest BCUT2D eigenvalue weighted by Crippen LogP contribution is 2.49. The second-order valence-electron chi connectivity index (χ2n) is 13.1. The number of methoxy groups -OCH3 is 1. The SMILES string of the molecule is COc1cc(F)c(OC2CCC(C)(C(=O)O)CC2)cc1C(=O)N[C@@H]1[C@H]2CC[C@H](C2)[C@@H]1C(=O)N[C@H](C)C(C)(C)C. The summed E-state index contributed by atoms with van der Waals surface area (Å²) in [5.41, 5.74) is -0.753. The maximum absolute atomic E-state index is 14.9. The summed E-state index contributed by atoms with van der Waals surface area (Å²) in [4.78, 5) is 38.5. The first kappa shape index (κ1) is 29.2. The Labute approximate surface area is 230 Å². The molecule has 9 heteroatoms. The Bertz CT molecular complexity index is 1110. The number of aliphatic carboxylic acids is 1. The van der Waals surface area contributed by atoms with Gasteiger partial charge in [-0.2, -0.15) is 0 Å². The number of fused-ring (bicyclic) bond motifs is 2. The molecule has 3 aliphatic rings. The van der Waals surface area contributed by atoms with Gasteiger partial charge in [0, 0.05) is 18.2 Å². The first-order valence-corrected chi connectivity index (χ1v) is 14.1. The third-order valence-electron chi connectivity index (χ3n) is 9.52. The van der Waals surface area contributed by atoms with Crippen LogP contribution in [0.1, 0.15) is 89.9 Å². The van der Waals surface area contributed by atoms with E-state index in [1.165, 1.54) is 13.2 Å². The molecule has 3 N–H and O–H groups in total. The molecule has 0 unspecified atom stereocenters. The van der Waals surface area contributed by atoms with Crippen LogP contribution in [0.2, 0.25) is 0 Å². The molecular formula is C30H43FN2O6. The fourth-order valence-corrected chi connectivity index (χ4v) is 6.34. The zero-order chi connectivity index (χ0) is 28.7. The second kappa shape index (κ2) is 11.0. The van der Waals surface area contributed by atoms with Crippen molar-refractivity contribution in [3.05, 3.63) is 23.5 Å². The van der Waals surface area contributed by atoms with Gasteiger partial charge in [0.25, 0.3) is 5.91 Å². The van der Waals surface area contributed by atoms with Gasteiger partial charge in [-0.1, -0.05) is 20.8 Å². The maximum Gasteiger partial charge on any atom is 0.309 e. The lowest BCUT2D eigenvalue weighted by Crippen LogP contribution is -2.52. The number of rotatable bonds is 8. The van der Waals surface area contributed by atoms with Gasteiger partial charge in [-0.05, 0) is 82.1 Å². The minimum Gasteiger partial charge on any atom is -0.496 e. The number of nitrogens with one attached hydrogen (secondary N) is 2. The molecule has 5 atom stereocenters. The Morgan fingerprint density at radius 3 is 2.31 bits per heavy atom. The predicted molar refractivity (Wildman–Crippen MR) is 144 cm³/mol. The Morgan fingerprint density at radius 1 is 1.08 bits per heavy atom. The zero-order valence-corrected chi connectivity index (χ0v) is 23.9. The van der Waals surface area contributed by atoms with Crippen LogP contribution in [0.5, 0.6) is 11.5 Å². The summed E-state index contributed by atoms with van der Waals surface area (Å²) in [7, 11) is 1.38. The van der Waals surface area contributed by atoms with Crippen LogP contribution in [0.4, 0.5) is 4.39 Å². The van der Waals surface area contributed by atoms with Crippen LogP contribution in [0.15, 0.2) is 12.1 Å². The lowest BCUT2D eigenvalue weighted by atomic mass is 9.75. The van der Waals surface area contributed by atoms with Gasteiger partial charge in [0.05, 0.1) is 30.1 Å². The molecule has 3 fully saturated rings. The molecule has 0 aliphatic heterocycles. The molecule has 39 heavy (non-hydrogen) atoms. The van der Waals surface area contributed by atoms with Crippen LogP contribution < -0.4 is 20.1 Å². The highest BCUT2D eigenvalue weighted by Gasteiger charge is 2.52. The number of hydrogen-bond donors (Lipinski definition) is 3. The molecule has 3 aliphatic carbocycles.